The van der Waals surface area contributed by atoms with Gasteiger partial charge in [0, 0.05) is 18.6 Å². The molecule has 0 aliphatic heterocycles. The number of hydrogen-bond acceptors (Lipinski definition) is 5. The minimum absolute atomic E-state index is 0.0789. The molecule has 3 aromatic rings. The maximum atomic E-state index is 11.9. The summed E-state index contributed by atoms with van der Waals surface area (Å²) in [5.41, 5.74) is 3.38. The van der Waals surface area contributed by atoms with Crippen LogP contribution in [0.2, 0.25) is 0 Å². The van der Waals surface area contributed by atoms with E-state index in [0.29, 0.717) is 10.9 Å². The second kappa shape index (κ2) is 6.97. The highest BCUT2D eigenvalue weighted by atomic mass is 32.2. The Morgan fingerprint density at radius 2 is 2.09 bits per heavy atom. The van der Waals surface area contributed by atoms with E-state index in [2.05, 4.69) is 46.5 Å². The first-order valence-electron chi connectivity index (χ1n) is 7.04. The number of hydrogen-bond donors (Lipinski definition) is 1. The fourth-order valence-corrected chi connectivity index (χ4v) is 3.39. The Hall–Kier alpha value is -2.12. The number of aromatic nitrogens is 3. The zero-order valence-corrected chi connectivity index (χ0v) is 14.4. The van der Waals surface area contributed by atoms with Gasteiger partial charge in [0.2, 0.25) is 5.91 Å². The Kier molecular flexibility index (Phi) is 4.78. The van der Waals surface area contributed by atoms with Gasteiger partial charge < -0.3 is 9.88 Å². The number of rotatable bonds is 5. The molecule has 0 fully saturated rings. The van der Waals surface area contributed by atoms with Gasteiger partial charge in [-0.2, -0.15) is 0 Å². The van der Waals surface area contributed by atoms with Gasteiger partial charge in [0.15, 0.2) is 10.3 Å². The van der Waals surface area contributed by atoms with Crippen molar-refractivity contribution in [2.24, 2.45) is 7.05 Å². The van der Waals surface area contributed by atoms with E-state index < -0.39 is 0 Å². The van der Waals surface area contributed by atoms with Gasteiger partial charge in [0.1, 0.15) is 0 Å². The predicted molar refractivity (Wildman–Crippen MR) is 94.8 cm³/mol. The van der Waals surface area contributed by atoms with Gasteiger partial charge in [-0.15, -0.1) is 11.3 Å². The summed E-state index contributed by atoms with van der Waals surface area (Å²) >= 11 is 2.82. The molecule has 0 radical (unpaired) electrons. The van der Waals surface area contributed by atoms with Crippen LogP contribution in [0.1, 0.15) is 5.56 Å². The molecule has 0 unspecified atom stereocenters. The third-order valence-electron chi connectivity index (χ3n) is 3.30. The lowest BCUT2D eigenvalue weighted by Crippen LogP contribution is -2.14. The van der Waals surface area contributed by atoms with Crippen LogP contribution in [0.5, 0.6) is 0 Å². The number of imidazole rings is 1. The smallest absolute Gasteiger partial charge is 0.236 e. The summed E-state index contributed by atoms with van der Waals surface area (Å²) in [6, 6.07) is 8.32. The van der Waals surface area contributed by atoms with Crippen molar-refractivity contribution in [1.29, 1.82) is 0 Å². The van der Waals surface area contributed by atoms with E-state index in [0.717, 1.165) is 16.4 Å². The van der Waals surface area contributed by atoms with Crippen molar-refractivity contribution in [3.05, 3.63) is 47.6 Å². The molecular formula is C16H16N4OS2. The molecule has 23 heavy (non-hydrogen) atoms. The van der Waals surface area contributed by atoms with Crippen LogP contribution in [0.3, 0.4) is 0 Å². The number of thiazole rings is 1. The first-order chi connectivity index (χ1) is 11.1. The Balaban J connectivity index is 1.65. The Labute approximate surface area is 142 Å². The van der Waals surface area contributed by atoms with E-state index >= 15 is 0 Å². The van der Waals surface area contributed by atoms with Gasteiger partial charge in [0.25, 0.3) is 0 Å². The van der Waals surface area contributed by atoms with Gasteiger partial charge >= 0.3 is 0 Å². The first-order valence-corrected chi connectivity index (χ1v) is 8.91. The van der Waals surface area contributed by atoms with Crippen molar-refractivity contribution in [3.8, 4) is 11.3 Å². The van der Waals surface area contributed by atoms with Gasteiger partial charge in [-0.1, -0.05) is 41.6 Å². The third-order valence-corrected chi connectivity index (χ3v) is 5.04. The quantitative estimate of drug-likeness (QED) is 0.719. The maximum Gasteiger partial charge on any atom is 0.236 e. The average molecular weight is 344 g/mol. The van der Waals surface area contributed by atoms with Crippen LogP contribution in [0, 0.1) is 6.92 Å². The molecule has 3 rings (SSSR count). The molecule has 2 aromatic heterocycles. The lowest BCUT2D eigenvalue weighted by atomic mass is 10.1. The zero-order chi connectivity index (χ0) is 16.2. The highest BCUT2D eigenvalue weighted by Gasteiger charge is 2.11. The molecule has 0 saturated heterocycles. The Bertz CT molecular complexity index is 794. The van der Waals surface area contributed by atoms with Crippen LogP contribution < -0.4 is 5.32 Å². The van der Waals surface area contributed by atoms with Gasteiger partial charge in [-0.05, 0) is 12.5 Å². The van der Waals surface area contributed by atoms with E-state index in [4.69, 9.17) is 0 Å². The number of benzene rings is 1. The van der Waals surface area contributed by atoms with Crippen LogP contribution >= 0.6 is 23.1 Å². The number of carbonyl (C=O) groups excluding carboxylic acids is 1. The molecule has 1 amide bonds. The standard InChI is InChI=1S/C16H16N4OS2/c1-11-3-5-12(6-4-11)13-9-18-16(20(13)2)23-10-14(21)19-15-17-7-8-22-15/h3-9H,10H2,1-2H3,(H,17,19,21). The van der Waals surface area contributed by atoms with Crippen LogP contribution in [0.25, 0.3) is 11.3 Å². The third kappa shape index (κ3) is 3.80. The van der Waals surface area contributed by atoms with Gasteiger partial charge in [0.05, 0.1) is 17.6 Å². The van der Waals surface area contributed by atoms with Crippen molar-refractivity contribution in [2.75, 3.05) is 11.1 Å². The van der Waals surface area contributed by atoms with E-state index in [1.165, 1.54) is 28.7 Å². The molecule has 0 spiro atoms. The molecule has 0 atom stereocenters. The number of carbonyl (C=O) groups is 1. The number of nitrogens with one attached hydrogen (secondary N) is 1. The summed E-state index contributed by atoms with van der Waals surface area (Å²) < 4.78 is 2.01. The van der Waals surface area contributed by atoms with E-state index in [1.807, 2.05) is 23.2 Å². The summed E-state index contributed by atoms with van der Waals surface area (Å²) in [4.78, 5) is 20.4. The topological polar surface area (TPSA) is 59.8 Å². The molecule has 0 aliphatic rings. The maximum absolute atomic E-state index is 11.9. The zero-order valence-electron chi connectivity index (χ0n) is 12.8. The van der Waals surface area contributed by atoms with Gasteiger partial charge in [-0.3, -0.25) is 4.79 Å². The SMILES string of the molecule is Cc1ccc(-c2cnc(SCC(=O)Nc3nccs3)n2C)cc1. The van der Waals surface area contributed by atoms with Crippen molar-refractivity contribution in [1.82, 2.24) is 14.5 Å². The molecule has 5 nitrogen and oxygen atoms in total. The summed E-state index contributed by atoms with van der Waals surface area (Å²) in [6.45, 7) is 2.06. The van der Waals surface area contributed by atoms with Gasteiger partial charge in [-0.25, -0.2) is 9.97 Å². The van der Waals surface area contributed by atoms with Crippen molar-refractivity contribution >= 4 is 34.1 Å². The second-order valence-electron chi connectivity index (χ2n) is 5.03. The average Bonchev–Trinajstić information content (AvgIpc) is 3.16. The van der Waals surface area contributed by atoms with Crippen molar-refractivity contribution in [2.45, 2.75) is 12.1 Å². The molecule has 118 valence electrons. The predicted octanol–water partition coefficient (Wildman–Crippen LogP) is 3.58. The van der Waals surface area contributed by atoms with Crippen LogP contribution in [0.4, 0.5) is 5.13 Å². The number of thioether (sulfide) groups is 1. The fourth-order valence-electron chi connectivity index (χ4n) is 2.09. The highest BCUT2D eigenvalue weighted by Crippen LogP contribution is 2.25. The molecule has 7 heteroatoms. The lowest BCUT2D eigenvalue weighted by Gasteiger charge is -2.06. The summed E-state index contributed by atoms with van der Waals surface area (Å²) in [5, 5.41) is 6.03. The summed E-state index contributed by atoms with van der Waals surface area (Å²) in [7, 11) is 1.96. The van der Waals surface area contributed by atoms with E-state index in [1.54, 1.807) is 6.20 Å². The first kappa shape index (κ1) is 15.8. The summed E-state index contributed by atoms with van der Waals surface area (Å²) in [5.74, 6) is 0.224. The Morgan fingerprint density at radius 1 is 1.30 bits per heavy atom. The highest BCUT2D eigenvalue weighted by molar-refractivity contribution is 7.99. The Morgan fingerprint density at radius 3 is 2.78 bits per heavy atom. The minimum Gasteiger partial charge on any atom is -0.322 e. The van der Waals surface area contributed by atoms with Crippen molar-refractivity contribution < 1.29 is 4.79 Å². The largest absolute Gasteiger partial charge is 0.322 e. The molecular weight excluding hydrogens is 328 g/mol. The molecule has 0 bridgehead atoms. The lowest BCUT2D eigenvalue weighted by molar-refractivity contribution is -0.113. The van der Waals surface area contributed by atoms with Crippen molar-refractivity contribution in [3.63, 3.8) is 0 Å². The normalized spacial score (nSPS) is 10.7. The number of nitrogens with zero attached hydrogens (tertiary/aromatic N) is 3. The molecule has 0 saturated carbocycles. The number of amides is 1. The monoisotopic (exact) mass is 344 g/mol. The molecule has 1 aromatic carbocycles. The minimum atomic E-state index is -0.0789. The van der Waals surface area contributed by atoms with Crippen LogP contribution in [0.15, 0.2) is 47.2 Å². The van der Waals surface area contributed by atoms with E-state index in [9.17, 15) is 4.79 Å². The molecule has 2 heterocycles. The van der Waals surface area contributed by atoms with Crippen LogP contribution in [-0.2, 0) is 11.8 Å². The number of aryl methyl sites for hydroxylation is 1. The molecule has 1 N–H and O–H groups in total. The fraction of sp³-hybridized carbons (Fsp3) is 0.188. The van der Waals surface area contributed by atoms with Crippen LogP contribution in [-0.4, -0.2) is 26.2 Å². The molecule has 0 aliphatic carbocycles. The van der Waals surface area contributed by atoms with E-state index in [-0.39, 0.29) is 5.91 Å². The number of anilines is 1. The summed E-state index contributed by atoms with van der Waals surface area (Å²) in [6.07, 6.45) is 3.51. The second-order valence-corrected chi connectivity index (χ2v) is 6.86.